The van der Waals surface area contributed by atoms with Gasteiger partial charge in [0.25, 0.3) is 0 Å². The summed E-state index contributed by atoms with van der Waals surface area (Å²) in [5.41, 5.74) is -3.23. The molecule has 4 rings (SSSR count). The molecule has 0 radical (unpaired) electrons. The second-order valence-corrected chi connectivity index (χ2v) is 9.06. The largest absolute Gasteiger partial charge is 0.217 e. The standard InChI is InChI=1S/C28H16BF10/c1-29(17-19(30)23(34)27(38)24(35)20(17)31,18-21(32)25(36)28(39)26(37)22(18)33)16(12-14-8-4-2-5-9-14)13-15-10-6-3-7-11-15/h2-12H,13H2,1H3/q-1/b16-12+. The first-order chi connectivity index (χ1) is 18.4. The highest BCUT2D eigenvalue weighted by Gasteiger charge is 2.41. The minimum absolute atomic E-state index is 0.254. The SMILES string of the molecule is C[B-](/C(=C/c1ccccc1)Cc1ccccc1)(c1c(F)c(F)c(F)c(F)c1F)c1c(F)c(F)c(F)c(F)c1F. The molecule has 0 heterocycles. The van der Waals surface area contributed by atoms with E-state index in [1.54, 1.807) is 12.1 Å². The van der Waals surface area contributed by atoms with Crippen molar-refractivity contribution in [2.45, 2.75) is 13.2 Å². The van der Waals surface area contributed by atoms with Gasteiger partial charge in [0, 0.05) is 0 Å². The lowest BCUT2D eigenvalue weighted by atomic mass is 9.15. The van der Waals surface area contributed by atoms with Gasteiger partial charge in [0.1, 0.15) is 23.3 Å². The zero-order valence-electron chi connectivity index (χ0n) is 19.9. The molecule has 0 fully saturated rings. The lowest BCUT2D eigenvalue weighted by Crippen LogP contribution is -2.63. The Labute approximate surface area is 216 Å². The van der Waals surface area contributed by atoms with E-state index in [1.807, 2.05) is 0 Å². The highest BCUT2D eigenvalue weighted by atomic mass is 19.2. The topological polar surface area (TPSA) is 0 Å². The predicted molar refractivity (Wildman–Crippen MR) is 128 cm³/mol. The minimum Gasteiger partial charge on any atom is -0.217 e. The molecule has 0 saturated heterocycles. The van der Waals surface area contributed by atoms with Gasteiger partial charge in [0.2, 0.25) is 0 Å². The summed E-state index contributed by atoms with van der Waals surface area (Å²) in [6.07, 6.45) is -3.36. The van der Waals surface area contributed by atoms with Crippen LogP contribution in [0.4, 0.5) is 43.9 Å². The molecule has 202 valence electrons. The highest BCUT2D eigenvalue weighted by Crippen LogP contribution is 2.31. The van der Waals surface area contributed by atoms with Gasteiger partial charge in [0.15, 0.2) is 34.9 Å². The van der Waals surface area contributed by atoms with Crippen LogP contribution in [0.15, 0.2) is 66.1 Å². The Bertz CT molecular complexity index is 1460. The molecule has 0 unspecified atom stereocenters. The number of rotatable bonds is 6. The van der Waals surface area contributed by atoms with Gasteiger partial charge < -0.3 is 0 Å². The van der Waals surface area contributed by atoms with Crippen LogP contribution in [0.3, 0.4) is 0 Å². The second-order valence-electron chi connectivity index (χ2n) is 9.06. The van der Waals surface area contributed by atoms with Crippen molar-refractivity contribution in [1.82, 2.24) is 0 Å². The van der Waals surface area contributed by atoms with Gasteiger partial charge in [-0.2, -0.15) is 6.82 Å². The number of halogens is 10. The van der Waals surface area contributed by atoms with Gasteiger partial charge >= 0.3 is 0 Å². The van der Waals surface area contributed by atoms with E-state index in [9.17, 15) is 26.3 Å². The molecule has 0 aromatic heterocycles. The third kappa shape index (κ3) is 4.70. The molecule has 0 saturated carbocycles. The van der Waals surface area contributed by atoms with Crippen molar-refractivity contribution in [3.8, 4) is 0 Å². The molecule has 0 amide bonds. The van der Waals surface area contributed by atoms with Crippen molar-refractivity contribution in [3.63, 3.8) is 0 Å². The fraction of sp³-hybridized carbons (Fsp3) is 0.0714. The maximum Gasteiger partial charge on any atom is 0.200 e. The Morgan fingerprint density at radius 1 is 0.513 bits per heavy atom. The third-order valence-corrected chi connectivity index (χ3v) is 6.79. The number of allylic oxidation sites excluding steroid dienone is 1. The highest BCUT2D eigenvalue weighted by molar-refractivity contribution is 7.07. The average Bonchev–Trinajstić information content (AvgIpc) is 2.93. The summed E-state index contributed by atoms with van der Waals surface area (Å²) in [4.78, 5) is 0. The number of hydrogen-bond acceptors (Lipinski definition) is 0. The van der Waals surface area contributed by atoms with Gasteiger partial charge in [-0.05, 0) is 17.5 Å². The molecule has 0 atom stereocenters. The van der Waals surface area contributed by atoms with Crippen molar-refractivity contribution in [1.29, 1.82) is 0 Å². The maximum absolute atomic E-state index is 15.3. The minimum atomic E-state index is -4.09. The summed E-state index contributed by atoms with van der Waals surface area (Å²) >= 11 is 0. The van der Waals surface area contributed by atoms with Crippen LogP contribution in [0, 0.1) is 58.2 Å². The molecule has 39 heavy (non-hydrogen) atoms. The molecule has 0 aliphatic rings. The first kappa shape index (κ1) is 28.0. The summed E-state index contributed by atoms with van der Waals surface area (Å²) in [7, 11) is 0. The quantitative estimate of drug-likeness (QED) is 0.103. The molecule has 4 aromatic rings. The van der Waals surface area contributed by atoms with E-state index in [4.69, 9.17) is 0 Å². The first-order valence-corrected chi connectivity index (χ1v) is 11.4. The first-order valence-electron chi connectivity index (χ1n) is 11.4. The normalized spacial score (nSPS) is 12.2. The van der Waals surface area contributed by atoms with Crippen LogP contribution in [0.25, 0.3) is 6.08 Å². The van der Waals surface area contributed by atoms with E-state index in [0.29, 0.717) is 12.4 Å². The fourth-order valence-corrected chi connectivity index (χ4v) is 4.79. The van der Waals surface area contributed by atoms with Gasteiger partial charge in [-0.1, -0.05) is 66.7 Å². The molecular weight excluding hydrogens is 537 g/mol. The lowest BCUT2D eigenvalue weighted by Gasteiger charge is -2.42. The van der Waals surface area contributed by atoms with Crippen molar-refractivity contribution in [3.05, 3.63) is 135 Å². The fourth-order valence-electron chi connectivity index (χ4n) is 4.79. The van der Waals surface area contributed by atoms with Crippen molar-refractivity contribution in [2.24, 2.45) is 0 Å². The number of hydrogen-bond donors (Lipinski definition) is 0. The Hall–Kier alpha value is -4.02. The van der Waals surface area contributed by atoms with Crippen LogP contribution in [-0.2, 0) is 6.42 Å². The van der Waals surface area contributed by atoms with Crippen LogP contribution >= 0.6 is 0 Å². The Kier molecular flexibility index (Phi) is 7.63. The Balaban J connectivity index is 2.23. The van der Waals surface area contributed by atoms with Gasteiger partial charge in [-0.3, -0.25) is 0 Å². The van der Waals surface area contributed by atoms with Gasteiger partial charge in [-0.25, -0.2) is 49.4 Å². The summed E-state index contributed by atoms with van der Waals surface area (Å²) in [5, 5.41) is 0. The molecule has 0 aliphatic heterocycles. The molecule has 0 nitrogen and oxygen atoms in total. The van der Waals surface area contributed by atoms with Crippen LogP contribution in [-0.4, -0.2) is 6.15 Å². The average molecular weight is 553 g/mol. The summed E-state index contributed by atoms with van der Waals surface area (Å²) in [6, 6.07) is 15.2. The van der Waals surface area contributed by atoms with Crippen LogP contribution in [0.5, 0.6) is 0 Å². The van der Waals surface area contributed by atoms with E-state index in [1.165, 1.54) is 48.5 Å². The zero-order valence-corrected chi connectivity index (χ0v) is 19.9. The molecule has 0 bridgehead atoms. The second kappa shape index (κ2) is 10.6. The maximum atomic E-state index is 15.3. The monoisotopic (exact) mass is 553 g/mol. The number of benzene rings is 4. The van der Waals surface area contributed by atoms with Crippen LogP contribution in [0.2, 0.25) is 6.82 Å². The van der Waals surface area contributed by atoms with E-state index >= 15 is 17.6 Å². The summed E-state index contributed by atoms with van der Waals surface area (Å²) < 4.78 is 147. The molecule has 0 spiro atoms. The lowest BCUT2D eigenvalue weighted by molar-refractivity contribution is 0.381. The predicted octanol–water partition coefficient (Wildman–Crippen LogP) is 7.14. The molecular formula is C28H16BF10-. The summed E-state index contributed by atoms with van der Waals surface area (Å²) in [6.45, 7) is 0.703. The van der Waals surface area contributed by atoms with Gasteiger partial charge in [0.05, 0.1) is 6.15 Å². The molecule has 11 heteroatoms. The van der Waals surface area contributed by atoms with Gasteiger partial charge in [-0.15, -0.1) is 10.9 Å². The Morgan fingerprint density at radius 2 is 0.846 bits per heavy atom. The van der Waals surface area contributed by atoms with Crippen molar-refractivity contribution in [2.75, 3.05) is 0 Å². The van der Waals surface area contributed by atoms with Crippen LogP contribution < -0.4 is 10.9 Å². The Morgan fingerprint density at radius 3 is 1.23 bits per heavy atom. The zero-order chi connectivity index (χ0) is 28.6. The van der Waals surface area contributed by atoms with E-state index < -0.39 is 81.7 Å². The van der Waals surface area contributed by atoms with E-state index in [-0.39, 0.29) is 11.0 Å². The van der Waals surface area contributed by atoms with Crippen molar-refractivity contribution < 1.29 is 43.9 Å². The molecule has 0 N–H and O–H groups in total. The third-order valence-electron chi connectivity index (χ3n) is 6.79. The van der Waals surface area contributed by atoms with Crippen molar-refractivity contribution >= 4 is 23.1 Å². The molecule has 0 aliphatic carbocycles. The van der Waals surface area contributed by atoms with E-state index in [0.717, 1.165) is 6.08 Å². The van der Waals surface area contributed by atoms with Crippen LogP contribution in [0.1, 0.15) is 11.1 Å². The molecule has 4 aromatic carbocycles. The smallest absolute Gasteiger partial charge is 0.200 e. The summed E-state index contributed by atoms with van der Waals surface area (Å²) in [5.74, 6) is -24.8. The van der Waals surface area contributed by atoms with E-state index in [2.05, 4.69) is 0 Å².